The number of fused-ring (bicyclic) bond motifs is 8. The largest absolute Gasteiger partial charge is 0.309 e. The van der Waals surface area contributed by atoms with Crippen molar-refractivity contribution in [2.75, 3.05) is 0 Å². The maximum atomic E-state index is 4.81. The van der Waals surface area contributed by atoms with Gasteiger partial charge in [-0.3, -0.25) is 4.57 Å². The lowest BCUT2D eigenvalue weighted by Crippen LogP contribution is -2.01. The van der Waals surface area contributed by atoms with E-state index in [-0.39, 0.29) is 0 Å². The summed E-state index contributed by atoms with van der Waals surface area (Å²) in [6.45, 7) is 0. The van der Waals surface area contributed by atoms with Gasteiger partial charge in [0.05, 0.1) is 22.1 Å². The summed E-state index contributed by atoms with van der Waals surface area (Å²) in [6, 6.07) is 43.7. The molecule has 0 saturated heterocycles. The third-order valence-electron chi connectivity index (χ3n) is 8.95. The summed E-state index contributed by atoms with van der Waals surface area (Å²) in [5, 5.41) is 7.47. The van der Waals surface area contributed by atoms with Crippen LogP contribution in [0.2, 0.25) is 0 Å². The predicted molar refractivity (Wildman–Crippen MR) is 173 cm³/mol. The van der Waals surface area contributed by atoms with Gasteiger partial charge in [0.25, 0.3) is 0 Å². The second kappa shape index (κ2) is 7.93. The molecule has 0 atom stereocenters. The molecule has 0 spiro atoms. The minimum absolute atomic E-state index is 0.679. The summed E-state index contributed by atoms with van der Waals surface area (Å²) in [5.41, 5.74) is 10.8. The van der Waals surface area contributed by atoms with Gasteiger partial charge in [0.15, 0.2) is 0 Å². The Hall–Kier alpha value is -5.74. The Morgan fingerprint density at radius 3 is 1.81 bits per heavy atom. The van der Waals surface area contributed by atoms with Crippen LogP contribution in [0.15, 0.2) is 134 Å². The van der Waals surface area contributed by atoms with Crippen LogP contribution in [0.3, 0.4) is 0 Å². The van der Waals surface area contributed by atoms with E-state index >= 15 is 0 Å². The van der Waals surface area contributed by atoms with Crippen LogP contribution in [0.5, 0.6) is 0 Å². The summed E-state index contributed by atoms with van der Waals surface area (Å²) in [7, 11) is 0. The van der Waals surface area contributed by atoms with Gasteiger partial charge in [-0.25, -0.2) is 9.97 Å². The van der Waals surface area contributed by atoms with Gasteiger partial charge >= 0.3 is 0 Å². The highest BCUT2D eigenvalue weighted by atomic mass is 15.2. The molecule has 194 valence electrons. The lowest BCUT2D eigenvalue weighted by atomic mass is 9.92. The van der Waals surface area contributed by atoms with Crippen molar-refractivity contribution in [2.24, 2.45) is 0 Å². The summed E-state index contributed by atoms with van der Waals surface area (Å²) in [6.07, 6.45) is 3.67. The minimum Gasteiger partial charge on any atom is -0.309 e. The third kappa shape index (κ3) is 2.62. The van der Waals surface area contributed by atoms with Gasteiger partial charge in [-0.2, -0.15) is 0 Å². The van der Waals surface area contributed by atoms with E-state index in [1.54, 1.807) is 0 Å². The number of hydrogen-bond acceptors (Lipinski definition) is 2. The Morgan fingerprint density at radius 1 is 0.381 bits per heavy atom. The molecule has 3 heterocycles. The highest BCUT2D eigenvalue weighted by Gasteiger charge is 2.29. The van der Waals surface area contributed by atoms with Gasteiger partial charge in [-0.15, -0.1) is 0 Å². The van der Waals surface area contributed by atoms with Gasteiger partial charge in [0.1, 0.15) is 0 Å². The molecule has 6 aromatic carbocycles. The molecule has 4 nitrogen and oxygen atoms in total. The summed E-state index contributed by atoms with van der Waals surface area (Å²) in [4.78, 5) is 9.63. The average molecular weight is 535 g/mol. The fraction of sp³-hybridized carbons (Fsp3) is 0. The molecule has 0 fully saturated rings. The van der Waals surface area contributed by atoms with Crippen LogP contribution in [0.25, 0.3) is 88.3 Å². The molecule has 0 saturated carbocycles. The summed E-state index contributed by atoms with van der Waals surface area (Å²) in [5.74, 6) is 0.679. The van der Waals surface area contributed by atoms with Crippen molar-refractivity contribution in [3.8, 4) is 33.9 Å². The molecule has 0 N–H and O–H groups in total. The lowest BCUT2D eigenvalue weighted by molar-refractivity contribution is 0.991. The van der Waals surface area contributed by atoms with Gasteiger partial charge in [-0.05, 0) is 52.6 Å². The topological polar surface area (TPSA) is 35.6 Å². The molecule has 3 aromatic heterocycles. The van der Waals surface area contributed by atoms with Crippen LogP contribution in [0.1, 0.15) is 0 Å². The average Bonchev–Trinajstić information content (AvgIpc) is 3.55. The molecular formula is C38H22N4. The van der Waals surface area contributed by atoms with Crippen molar-refractivity contribution in [3.63, 3.8) is 0 Å². The molecule has 1 aliphatic rings. The molecule has 4 heteroatoms. The Morgan fingerprint density at radius 2 is 1.00 bits per heavy atom. The van der Waals surface area contributed by atoms with Crippen LogP contribution < -0.4 is 0 Å². The number of nitrogens with zero attached hydrogens (tertiary/aromatic N) is 4. The second-order valence-corrected chi connectivity index (χ2v) is 11.0. The molecule has 0 aliphatic heterocycles. The molecule has 9 aromatic rings. The zero-order valence-corrected chi connectivity index (χ0v) is 22.5. The number of benzene rings is 6. The van der Waals surface area contributed by atoms with Crippen molar-refractivity contribution in [3.05, 3.63) is 134 Å². The number of rotatable bonds is 2. The van der Waals surface area contributed by atoms with E-state index < -0.39 is 0 Å². The number of para-hydroxylation sites is 2. The van der Waals surface area contributed by atoms with E-state index in [2.05, 4.69) is 124 Å². The van der Waals surface area contributed by atoms with E-state index in [4.69, 9.17) is 9.97 Å². The molecule has 10 rings (SSSR count). The van der Waals surface area contributed by atoms with Crippen LogP contribution in [-0.2, 0) is 0 Å². The Kier molecular flexibility index (Phi) is 4.15. The van der Waals surface area contributed by atoms with Gasteiger partial charge in [0.2, 0.25) is 5.95 Å². The van der Waals surface area contributed by atoms with Crippen LogP contribution in [0.4, 0.5) is 0 Å². The van der Waals surface area contributed by atoms with Gasteiger partial charge in [-0.1, -0.05) is 91.0 Å². The first-order valence-electron chi connectivity index (χ1n) is 14.3. The first kappa shape index (κ1) is 22.0. The van der Waals surface area contributed by atoms with Crippen molar-refractivity contribution in [2.45, 2.75) is 0 Å². The Bertz CT molecular complexity index is 2560. The lowest BCUT2D eigenvalue weighted by Gasteiger charge is -2.15. The zero-order chi connectivity index (χ0) is 27.4. The van der Waals surface area contributed by atoms with Crippen LogP contribution in [-0.4, -0.2) is 19.1 Å². The maximum Gasteiger partial charge on any atom is 0.234 e. The second-order valence-electron chi connectivity index (χ2n) is 11.0. The highest BCUT2D eigenvalue weighted by Crippen LogP contribution is 2.53. The molecule has 0 amide bonds. The number of aromatic nitrogens is 4. The van der Waals surface area contributed by atoms with E-state index in [1.165, 1.54) is 65.6 Å². The van der Waals surface area contributed by atoms with Gasteiger partial charge in [0, 0.05) is 50.4 Å². The summed E-state index contributed by atoms with van der Waals surface area (Å²) < 4.78 is 4.73. The van der Waals surface area contributed by atoms with Crippen LogP contribution in [0, 0.1) is 0 Å². The Balaban J connectivity index is 1.62. The summed E-state index contributed by atoms with van der Waals surface area (Å²) >= 11 is 0. The molecule has 0 radical (unpaired) electrons. The first-order chi connectivity index (χ1) is 20.9. The van der Waals surface area contributed by atoms with Crippen molar-refractivity contribution in [1.29, 1.82) is 0 Å². The fourth-order valence-corrected chi connectivity index (χ4v) is 7.44. The van der Waals surface area contributed by atoms with Crippen LogP contribution >= 0.6 is 0 Å². The van der Waals surface area contributed by atoms with Gasteiger partial charge < -0.3 is 4.57 Å². The molecule has 0 unspecified atom stereocenters. The van der Waals surface area contributed by atoms with Crippen molar-refractivity contribution in [1.82, 2.24) is 19.1 Å². The normalized spacial score (nSPS) is 12.3. The molecular weight excluding hydrogens is 512 g/mol. The van der Waals surface area contributed by atoms with Crippen molar-refractivity contribution >= 4 is 54.4 Å². The predicted octanol–water partition coefficient (Wildman–Crippen LogP) is 9.47. The molecule has 1 aliphatic carbocycles. The smallest absolute Gasteiger partial charge is 0.234 e. The standard InChI is InChI=1S/C38H22N4/c1-2-11-23(12-3-1)41-30-19-7-6-15-28(30)34-36(41)29-18-8-16-26-24-13-4-5-14-25(24)27-17-9-20-31-33(27)35(32(26)29)37(34)42(31)38-39-21-10-22-40-38/h1-22H. The third-order valence-corrected chi connectivity index (χ3v) is 8.95. The highest BCUT2D eigenvalue weighted by molar-refractivity contribution is 6.40. The number of hydrogen-bond donors (Lipinski definition) is 0. The van der Waals surface area contributed by atoms with E-state index in [9.17, 15) is 0 Å². The SMILES string of the molecule is c1ccc(-n2c3ccccc3c3c2c2cccc4c2c2c5c(cccc5n(-c5ncccn5)c23)-c2ccccc2-4)cc1. The monoisotopic (exact) mass is 534 g/mol. The van der Waals surface area contributed by atoms with E-state index in [0.717, 1.165) is 16.7 Å². The Labute approximate surface area is 240 Å². The van der Waals surface area contributed by atoms with Crippen molar-refractivity contribution < 1.29 is 0 Å². The molecule has 0 bridgehead atoms. The maximum absolute atomic E-state index is 4.81. The zero-order valence-electron chi connectivity index (χ0n) is 22.5. The van der Waals surface area contributed by atoms with E-state index in [0.29, 0.717) is 5.95 Å². The minimum atomic E-state index is 0.679. The van der Waals surface area contributed by atoms with E-state index in [1.807, 2.05) is 18.5 Å². The fourth-order valence-electron chi connectivity index (χ4n) is 7.44. The first-order valence-corrected chi connectivity index (χ1v) is 14.3. The molecule has 42 heavy (non-hydrogen) atoms. The quantitative estimate of drug-likeness (QED) is 0.221.